The first-order valence-electron chi connectivity index (χ1n) is 6.29. The molecule has 7 heteroatoms. The number of nitrogens with one attached hydrogen (secondary N) is 2. The third-order valence-electron chi connectivity index (χ3n) is 3.70. The predicted octanol–water partition coefficient (Wildman–Crippen LogP) is 1.49. The Morgan fingerprint density at radius 1 is 1.43 bits per heavy atom. The van der Waals surface area contributed by atoms with Gasteiger partial charge in [-0.1, -0.05) is 17.7 Å². The summed E-state index contributed by atoms with van der Waals surface area (Å²) in [7, 11) is 0. The second-order valence-corrected chi connectivity index (χ2v) is 5.22. The number of halogens is 1. The first-order valence-corrected chi connectivity index (χ1v) is 6.67. The molecule has 0 saturated heterocycles. The molecule has 2 aromatic heterocycles. The number of hydrogen-bond acceptors (Lipinski definition) is 3. The molecule has 21 heavy (non-hydrogen) atoms. The molecule has 104 valence electrons. The number of carbonyl (C=O) groups is 1. The van der Waals surface area contributed by atoms with E-state index in [2.05, 4.69) is 15.3 Å². The second-order valence-electron chi connectivity index (χ2n) is 4.78. The lowest BCUT2D eigenvalue weighted by Crippen LogP contribution is -2.22. The number of aromatic amines is 1. The molecule has 3 aromatic rings. The molecule has 1 aliphatic carbocycles. The SMILES string of the molecule is O=CNC1c2ccc(Cl)cc2-c2[nH]c(=O)c3nccn3c21. The second kappa shape index (κ2) is 4.20. The summed E-state index contributed by atoms with van der Waals surface area (Å²) in [5.41, 5.74) is 3.14. The number of hydrogen-bond donors (Lipinski definition) is 2. The van der Waals surface area contributed by atoms with Gasteiger partial charge in [-0.25, -0.2) is 4.98 Å². The highest BCUT2D eigenvalue weighted by atomic mass is 35.5. The molecule has 0 saturated carbocycles. The summed E-state index contributed by atoms with van der Waals surface area (Å²) < 4.78 is 1.70. The Kier molecular flexibility index (Phi) is 2.43. The van der Waals surface area contributed by atoms with E-state index in [4.69, 9.17) is 11.6 Å². The largest absolute Gasteiger partial charge is 0.346 e. The Bertz CT molecular complexity index is 944. The summed E-state index contributed by atoms with van der Waals surface area (Å²) in [5.74, 6) is 0. The van der Waals surface area contributed by atoms with Crippen LogP contribution >= 0.6 is 11.6 Å². The number of fused-ring (bicyclic) bond motifs is 5. The lowest BCUT2D eigenvalue weighted by atomic mass is 10.1. The highest BCUT2D eigenvalue weighted by Gasteiger charge is 2.32. The van der Waals surface area contributed by atoms with Crippen LogP contribution in [0.4, 0.5) is 0 Å². The molecule has 0 spiro atoms. The van der Waals surface area contributed by atoms with E-state index < -0.39 is 0 Å². The summed E-state index contributed by atoms with van der Waals surface area (Å²) in [5, 5.41) is 3.35. The lowest BCUT2D eigenvalue weighted by molar-refractivity contribution is -0.110. The molecule has 4 rings (SSSR count). The van der Waals surface area contributed by atoms with Crippen molar-refractivity contribution in [3.8, 4) is 11.3 Å². The van der Waals surface area contributed by atoms with Gasteiger partial charge in [0, 0.05) is 23.0 Å². The molecule has 1 unspecified atom stereocenters. The number of H-pyrrole nitrogens is 1. The normalized spacial score (nSPS) is 15.8. The van der Waals surface area contributed by atoms with Crippen LogP contribution in [-0.2, 0) is 4.79 Å². The van der Waals surface area contributed by atoms with Crippen LogP contribution in [0.25, 0.3) is 16.9 Å². The number of carbonyl (C=O) groups excluding carboxylic acids is 1. The zero-order chi connectivity index (χ0) is 14.6. The summed E-state index contributed by atoms with van der Waals surface area (Å²) in [4.78, 5) is 29.9. The molecule has 2 heterocycles. The van der Waals surface area contributed by atoms with Crippen LogP contribution in [-0.4, -0.2) is 20.8 Å². The Morgan fingerprint density at radius 2 is 2.29 bits per heavy atom. The van der Waals surface area contributed by atoms with Gasteiger partial charge in [-0.2, -0.15) is 0 Å². The summed E-state index contributed by atoms with van der Waals surface area (Å²) in [6.45, 7) is 0. The van der Waals surface area contributed by atoms with Crippen LogP contribution in [0.3, 0.4) is 0 Å². The fourth-order valence-electron chi connectivity index (χ4n) is 2.89. The number of aromatic nitrogens is 3. The van der Waals surface area contributed by atoms with E-state index in [0.717, 1.165) is 16.8 Å². The van der Waals surface area contributed by atoms with E-state index >= 15 is 0 Å². The predicted molar refractivity (Wildman–Crippen MR) is 77.3 cm³/mol. The molecule has 2 N–H and O–H groups in total. The first-order chi connectivity index (χ1) is 10.2. The number of imidazole rings is 1. The first kappa shape index (κ1) is 12.2. The highest BCUT2D eigenvalue weighted by Crippen LogP contribution is 2.42. The minimum Gasteiger partial charge on any atom is -0.346 e. The number of benzene rings is 1. The molecule has 1 aliphatic rings. The Labute approximate surface area is 123 Å². The van der Waals surface area contributed by atoms with Crippen molar-refractivity contribution in [2.75, 3.05) is 0 Å². The number of amides is 1. The van der Waals surface area contributed by atoms with Gasteiger partial charge in [0.1, 0.15) is 0 Å². The lowest BCUT2D eigenvalue weighted by Gasteiger charge is -2.13. The van der Waals surface area contributed by atoms with E-state index in [1.807, 2.05) is 6.07 Å². The number of rotatable bonds is 2. The van der Waals surface area contributed by atoms with Crippen LogP contribution in [0.15, 0.2) is 35.4 Å². The maximum absolute atomic E-state index is 12.1. The number of nitrogens with zero attached hydrogens (tertiary/aromatic N) is 2. The molecule has 1 atom stereocenters. The van der Waals surface area contributed by atoms with Crippen molar-refractivity contribution in [2.24, 2.45) is 0 Å². The van der Waals surface area contributed by atoms with Crippen LogP contribution in [0, 0.1) is 0 Å². The fourth-order valence-corrected chi connectivity index (χ4v) is 3.06. The monoisotopic (exact) mass is 300 g/mol. The summed E-state index contributed by atoms with van der Waals surface area (Å²) in [6.07, 6.45) is 3.90. The standard InChI is InChI=1S/C14H9ClN4O2/c15-7-1-2-8-9(5-7)11-12(10(8)17-6-20)19-4-3-16-13(19)14(21)18-11/h1-6,10H,(H,17,20)(H,18,21). The van der Waals surface area contributed by atoms with Crippen molar-refractivity contribution in [1.82, 2.24) is 19.7 Å². The van der Waals surface area contributed by atoms with Crippen molar-refractivity contribution < 1.29 is 4.79 Å². The quantitative estimate of drug-likeness (QED) is 0.704. The Balaban J connectivity index is 2.14. The van der Waals surface area contributed by atoms with E-state index in [0.29, 0.717) is 22.8 Å². The van der Waals surface area contributed by atoms with Crippen molar-refractivity contribution in [2.45, 2.75) is 6.04 Å². The molecule has 0 fully saturated rings. The molecule has 0 bridgehead atoms. The van der Waals surface area contributed by atoms with Gasteiger partial charge in [0.2, 0.25) is 12.1 Å². The zero-order valence-corrected chi connectivity index (χ0v) is 11.4. The average molecular weight is 301 g/mol. The Morgan fingerprint density at radius 3 is 3.10 bits per heavy atom. The summed E-state index contributed by atoms with van der Waals surface area (Å²) in [6, 6.07) is 5.04. The van der Waals surface area contributed by atoms with Gasteiger partial charge in [0.05, 0.1) is 17.4 Å². The van der Waals surface area contributed by atoms with Gasteiger partial charge in [0.25, 0.3) is 5.56 Å². The van der Waals surface area contributed by atoms with Crippen molar-refractivity contribution in [3.63, 3.8) is 0 Å². The van der Waals surface area contributed by atoms with Gasteiger partial charge >= 0.3 is 0 Å². The maximum Gasteiger partial charge on any atom is 0.292 e. The molecule has 1 amide bonds. The van der Waals surface area contributed by atoms with Crippen LogP contribution in [0.2, 0.25) is 5.02 Å². The molecule has 0 radical (unpaired) electrons. The minimum atomic E-state index is -0.349. The topological polar surface area (TPSA) is 79.3 Å². The van der Waals surface area contributed by atoms with E-state index in [1.165, 1.54) is 0 Å². The van der Waals surface area contributed by atoms with Crippen LogP contribution in [0.1, 0.15) is 17.3 Å². The van der Waals surface area contributed by atoms with E-state index in [-0.39, 0.29) is 11.6 Å². The van der Waals surface area contributed by atoms with Crippen molar-refractivity contribution in [3.05, 3.63) is 57.2 Å². The van der Waals surface area contributed by atoms with E-state index in [9.17, 15) is 9.59 Å². The minimum absolute atomic E-state index is 0.281. The van der Waals surface area contributed by atoms with Gasteiger partial charge in [-0.05, 0) is 17.7 Å². The molecule has 1 aromatic carbocycles. The highest BCUT2D eigenvalue weighted by molar-refractivity contribution is 6.31. The zero-order valence-electron chi connectivity index (χ0n) is 10.6. The average Bonchev–Trinajstić information content (AvgIpc) is 3.04. The third-order valence-corrected chi connectivity index (χ3v) is 3.94. The molecule has 0 aliphatic heterocycles. The van der Waals surface area contributed by atoms with E-state index in [1.54, 1.807) is 28.9 Å². The Hall–Kier alpha value is -2.60. The van der Waals surface area contributed by atoms with Gasteiger partial charge in [-0.3, -0.25) is 14.0 Å². The molecule has 6 nitrogen and oxygen atoms in total. The fraction of sp³-hybridized carbons (Fsp3) is 0.0714. The molecular formula is C14H9ClN4O2. The smallest absolute Gasteiger partial charge is 0.292 e. The van der Waals surface area contributed by atoms with Gasteiger partial charge < -0.3 is 10.3 Å². The maximum atomic E-state index is 12.1. The molecular weight excluding hydrogens is 292 g/mol. The van der Waals surface area contributed by atoms with Crippen molar-refractivity contribution >= 4 is 23.7 Å². The van der Waals surface area contributed by atoms with Crippen LogP contribution in [0.5, 0.6) is 0 Å². The van der Waals surface area contributed by atoms with Gasteiger partial charge in [-0.15, -0.1) is 0 Å². The summed E-state index contributed by atoms with van der Waals surface area (Å²) >= 11 is 6.05. The van der Waals surface area contributed by atoms with Gasteiger partial charge in [0.15, 0.2) is 0 Å². The third kappa shape index (κ3) is 1.56. The van der Waals surface area contributed by atoms with Crippen LogP contribution < -0.4 is 10.9 Å². The van der Waals surface area contributed by atoms with Crippen molar-refractivity contribution in [1.29, 1.82) is 0 Å².